The van der Waals surface area contributed by atoms with E-state index < -0.39 is 23.8 Å². The molecule has 3 aromatic carbocycles. The van der Waals surface area contributed by atoms with E-state index in [0.717, 1.165) is 92.7 Å². The van der Waals surface area contributed by atoms with Crippen LogP contribution in [0.3, 0.4) is 0 Å². The molecular formula is C95H127Cl2LiN8O17. The van der Waals surface area contributed by atoms with E-state index in [4.69, 9.17) is 57.7 Å². The molecule has 0 radical (unpaired) electrons. The molecule has 3 aromatic rings. The van der Waals surface area contributed by atoms with Gasteiger partial charge in [0, 0.05) is 83.2 Å². The summed E-state index contributed by atoms with van der Waals surface area (Å²) in [5.41, 5.74) is 9.97. The normalized spacial score (nSPS) is 33.5. The molecule has 15 saturated carbocycles. The number of esters is 2. The van der Waals surface area contributed by atoms with Crippen molar-refractivity contribution in [2.45, 2.75) is 242 Å². The Balaban J connectivity index is 0.000000136. The number of amides is 5. The number of carbonyl (C=O) groups excluding carboxylic acids is 7. The number of nitrogens with zero attached hydrogens (tertiary/aromatic N) is 7. The van der Waals surface area contributed by atoms with Crippen molar-refractivity contribution in [3.05, 3.63) is 112 Å². The molecule has 28 heteroatoms. The van der Waals surface area contributed by atoms with Crippen LogP contribution < -0.4 is 24.7 Å². The topological polar surface area (TPSA) is 341 Å². The minimum Gasteiger partial charge on any atom is -0.488 e. The van der Waals surface area contributed by atoms with Gasteiger partial charge < -0.3 is 75.0 Å². The second-order valence-electron chi connectivity index (χ2n) is 39.3. The second kappa shape index (κ2) is 40.0. The van der Waals surface area contributed by atoms with Gasteiger partial charge in [0.25, 0.3) is 0 Å². The number of ether oxygens (including phenoxy) is 5. The second-order valence-corrected chi connectivity index (χ2v) is 40.1. The van der Waals surface area contributed by atoms with Crippen molar-refractivity contribution in [2.75, 3.05) is 70.9 Å². The number of hydrogen-bond acceptors (Lipinski definition) is 17. The number of aryl methyl sites for hydroxylation is 1. The number of hydrogen-bond donors (Lipinski definition) is 4. The van der Waals surface area contributed by atoms with Gasteiger partial charge in [-0.1, -0.05) is 72.8 Å². The maximum Gasteiger partial charge on any atom is 1.00 e. The zero-order valence-corrected chi connectivity index (χ0v) is 73.9. The van der Waals surface area contributed by atoms with Gasteiger partial charge in [-0.05, 0) is 297 Å². The average Bonchev–Trinajstić information content (AvgIpc) is 1.71. The number of carboxylic acid groups (broad SMARTS) is 2. The van der Waals surface area contributed by atoms with Gasteiger partial charge in [-0.25, -0.2) is 14.4 Å². The van der Waals surface area contributed by atoms with E-state index in [9.17, 15) is 48.3 Å². The van der Waals surface area contributed by atoms with Crippen molar-refractivity contribution in [3.8, 4) is 6.07 Å². The van der Waals surface area contributed by atoms with Crippen LogP contribution in [0, 0.1) is 118 Å². The number of carbonyl (C=O) groups is 9. The average molecular weight is 1730 g/mol. The largest absolute Gasteiger partial charge is 1.00 e. The number of rotatable bonds is 11. The van der Waals surface area contributed by atoms with Crippen molar-refractivity contribution < 1.29 is 101 Å². The molecular weight excluding hydrogens is 1600 g/mol. The van der Waals surface area contributed by atoms with Crippen molar-refractivity contribution in [1.29, 1.82) is 5.26 Å². The Labute approximate surface area is 746 Å². The first-order chi connectivity index (χ1) is 58.9. The third kappa shape index (κ3) is 20.2. The fourth-order valence-corrected chi connectivity index (χ4v) is 26.8. The molecule has 21 aliphatic rings. The molecule has 25 nitrogen and oxygen atoms in total. The Bertz CT molecular complexity index is 4230. The van der Waals surface area contributed by atoms with Gasteiger partial charge in [-0.15, -0.1) is 23.2 Å². The summed E-state index contributed by atoms with van der Waals surface area (Å²) >= 11 is 9.53. The van der Waals surface area contributed by atoms with Gasteiger partial charge in [0.2, 0.25) is 11.8 Å². The number of likely N-dealkylation sites (tertiary alicyclic amines) is 3. The van der Waals surface area contributed by atoms with Crippen LogP contribution >= 0.6 is 23.2 Å². The number of aliphatic carboxylic acids is 2. The number of benzene rings is 3. The maximum atomic E-state index is 13.5. The summed E-state index contributed by atoms with van der Waals surface area (Å²) in [4.78, 5) is 121. The van der Waals surface area contributed by atoms with Gasteiger partial charge >= 0.3 is 61.0 Å². The van der Waals surface area contributed by atoms with E-state index in [2.05, 4.69) is 71.2 Å². The molecule has 16 aliphatic carbocycles. The number of piperidine rings is 3. The first-order valence-corrected chi connectivity index (χ1v) is 47.0. The van der Waals surface area contributed by atoms with Crippen LogP contribution in [0.25, 0.3) is 5.59 Å². The van der Waals surface area contributed by atoms with Crippen LogP contribution in [0.4, 0.5) is 14.4 Å². The molecule has 6 atom stereocenters. The quantitative estimate of drug-likeness (QED) is 0.0346. The molecule has 5 N–H and O–H groups in total. The molecule has 18 fully saturated rings. The van der Waals surface area contributed by atoms with E-state index in [1.165, 1.54) is 139 Å². The summed E-state index contributed by atoms with van der Waals surface area (Å²) in [5.74, 6) is 8.19. The van der Waals surface area contributed by atoms with Crippen LogP contribution in [0.15, 0.2) is 72.8 Å². The molecule has 0 unspecified atom stereocenters. The molecule has 5 amide bonds. The van der Waals surface area contributed by atoms with Crippen LogP contribution in [-0.4, -0.2) is 183 Å². The summed E-state index contributed by atoms with van der Waals surface area (Å²) in [6.07, 6.45) is 30.2. The zero-order chi connectivity index (χ0) is 85.9. The first-order valence-electron chi connectivity index (χ1n) is 45.9. The Morgan fingerprint density at radius 2 is 0.699 bits per heavy atom. The fraction of sp³-hybridized carbons (Fsp3) is 0.705. The summed E-state index contributed by atoms with van der Waals surface area (Å²) in [5, 5.41) is 32.2. The third-order valence-corrected chi connectivity index (χ3v) is 32.1. The minimum absolute atomic E-state index is 0. The molecule has 5 aliphatic heterocycles. The monoisotopic (exact) mass is 1730 g/mol. The summed E-state index contributed by atoms with van der Waals surface area (Å²) in [6, 6.07) is 27.6. The fourth-order valence-electron chi connectivity index (χ4n) is 26.8. The standard InChI is InChI=1S/C31H40N2O5.C29H36N2O5.C25H33NO2.C7H10O4.C2H3N.CH2Cl2.Li.H3N2O/c1-2-37-29(35)25-16-24(25)28(34)33-17-21-5-3-4-6-26(21)31(18-33)7-9-32(10-8-31)30(36)38-27-22-12-19-11-20(14-22)15-23(27)13-19;32-26(22-14-23(22)27(33)34)31-15-19-3-1-2-4-24(19)29(16-31)5-7-30(8-6-29)28(35)36-25-20-10-17-9-18(12-20)13-21(25)11-17;27-24(28-23-20-13-17-12-18(15-20)16-21(23)14-17)26-10-8-25(9-11-26)7-3-5-19-4-1-2-6-22(19)25;1-2-11-7(10)5-3-4(5)6(8)9;1-2-3;2-1-3;;1-2-3/h3-6,19-20,22-25,27H,2,7-18H2,1H3;1-4,17-18,20-23,25H,5-16H2,(H,33,34);1-2,4,6,17-18,20-21,23H,3,5,7-16H2;4-5H,2-3H2,1H3,(H,8,9);1H3;1H2;;3H,1H2/q;;;;;;+1;-1/t19?,20?,22?,23?,24-,25-,27?;17?,18?,20?,21?,22-,23-,25?;;4-,5-;;;;/m11.1..../s1. The van der Waals surface area contributed by atoms with E-state index in [0.29, 0.717) is 126 Å². The number of nitriles is 1. The Hall–Kier alpha value is -7.16. The maximum absolute atomic E-state index is 13.5. The van der Waals surface area contributed by atoms with E-state index in [1.807, 2.05) is 42.2 Å². The molecule has 3 saturated heterocycles. The SMILES string of the molecule is CC#N.CCOC(=O)[C@@H]1C[C@H]1C(=O)N1Cc2ccccc2C2(CCN(C(=O)OC3C4CC5CC(C4)CC3C5)CC2)C1.CCOC(=O)[C@@H]1C[C@H]1C(=O)O.ClCCl.N[N-]O.O=C(O)[C@@H]1C[C@H]1C(=O)N1Cc2ccccc2C2(CCN(C(=O)OC3C4CC5CC(C4)CC3C5)CC2)C1.O=C(OC1C2CC3CC(C2)CC1C3)N1CCC2(CCCc3ccccc32)CC1.[Li+]. The Kier molecular flexibility index (Phi) is 29.9. The van der Waals surface area contributed by atoms with E-state index in [-0.39, 0.29) is 119 Å². The van der Waals surface area contributed by atoms with Gasteiger partial charge in [-0.3, -0.25) is 28.8 Å². The number of halogens is 2. The van der Waals surface area contributed by atoms with Crippen molar-refractivity contribution in [1.82, 2.24) is 24.5 Å². The summed E-state index contributed by atoms with van der Waals surface area (Å²) in [7, 11) is 0. The third-order valence-electron chi connectivity index (χ3n) is 32.1. The van der Waals surface area contributed by atoms with E-state index in [1.54, 1.807) is 31.0 Å². The van der Waals surface area contributed by atoms with Gasteiger partial charge in [0.15, 0.2) is 0 Å². The van der Waals surface area contributed by atoms with Crippen LogP contribution in [0.5, 0.6) is 0 Å². The molecule has 0 aromatic heterocycles. The minimum atomic E-state index is -0.900. The molecule has 5 heterocycles. The van der Waals surface area contributed by atoms with Crippen LogP contribution in [-0.2, 0) is 88.2 Å². The first kappa shape index (κ1) is 92.0. The molecule has 664 valence electrons. The molecule has 12 bridgehead atoms. The summed E-state index contributed by atoms with van der Waals surface area (Å²) in [6.45, 7) is 12.3. The predicted molar refractivity (Wildman–Crippen MR) is 453 cm³/mol. The predicted octanol–water partition coefficient (Wildman–Crippen LogP) is 12.7. The van der Waals surface area contributed by atoms with Gasteiger partial charge in [-0.2, -0.15) is 5.26 Å². The van der Waals surface area contributed by atoms with Gasteiger partial charge in [0.1, 0.15) is 18.3 Å². The zero-order valence-electron chi connectivity index (χ0n) is 72.4. The van der Waals surface area contributed by atoms with Crippen molar-refractivity contribution in [3.63, 3.8) is 0 Å². The number of fused-ring (bicyclic) bond motifs is 6. The Morgan fingerprint density at radius 3 is 1.01 bits per heavy atom. The van der Waals surface area contributed by atoms with Gasteiger partial charge in [0.05, 0.1) is 60.1 Å². The smallest absolute Gasteiger partial charge is 0.488 e. The number of alkyl halides is 2. The van der Waals surface area contributed by atoms with Crippen molar-refractivity contribution in [2.24, 2.45) is 112 Å². The number of carboxylic acids is 2. The number of nitrogens with two attached hydrogens (primary N) is 1. The summed E-state index contributed by atoms with van der Waals surface area (Å²) < 4.78 is 28.5. The van der Waals surface area contributed by atoms with E-state index >= 15 is 0 Å². The molecule has 123 heavy (non-hydrogen) atoms. The Morgan fingerprint density at radius 1 is 0.431 bits per heavy atom. The molecule has 24 rings (SSSR count). The van der Waals surface area contributed by atoms with Crippen LogP contribution in [0.2, 0.25) is 0 Å². The van der Waals surface area contributed by atoms with Crippen LogP contribution in [0.1, 0.15) is 221 Å². The van der Waals surface area contributed by atoms with Crippen molar-refractivity contribution >= 4 is 77.2 Å². The molecule has 3 spiro atoms.